The van der Waals surface area contributed by atoms with E-state index in [-0.39, 0.29) is 23.1 Å². The number of ether oxygens (including phenoxy) is 1. The van der Waals surface area contributed by atoms with Gasteiger partial charge in [-0.2, -0.15) is 18.2 Å². The summed E-state index contributed by atoms with van der Waals surface area (Å²) >= 11 is 0. The molecule has 3 heterocycles. The average molecular weight is 461 g/mol. The van der Waals surface area contributed by atoms with E-state index >= 15 is 0 Å². The van der Waals surface area contributed by atoms with Crippen molar-refractivity contribution < 1.29 is 22.7 Å². The molecule has 2 aromatic heterocycles. The van der Waals surface area contributed by atoms with Crippen LogP contribution in [0.4, 0.5) is 30.6 Å². The standard InChI is InChI=1S/C22H22F3N5O3/c1-2-33-20(32)13-8-11-30(12-9-13)21-28-16-7-10-26-19(31)17(16)18(29-21)27-15-5-3-14(4-6-15)22(23,24)25/h3-7,10,13H,2,8-9,11-12H2,1H3,(H,26,31)(H,27,28,29). The molecule has 3 aromatic rings. The van der Waals surface area contributed by atoms with E-state index in [1.165, 1.54) is 18.3 Å². The molecule has 174 valence electrons. The van der Waals surface area contributed by atoms with Gasteiger partial charge in [-0.15, -0.1) is 0 Å². The molecule has 0 spiro atoms. The van der Waals surface area contributed by atoms with Crippen molar-refractivity contribution in [2.45, 2.75) is 25.9 Å². The van der Waals surface area contributed by atoms with Gasteiger partial charge in [0.25, 0.3) is 5.56 Å². The Morgan fingerprint density at radius 2 is 1.88 bits per heavy atom. The number of alkyl halides is 3. The lowest BCUT2D eigenvalue weighted by Gasteiger charge is -2.31. The molecule has 1 aliphatic rings. The maximum atomic E-state index is 12.9. The zero-order valence-corrected chi connectivity index (χ0v) is 17.8. The number of hydrogen-bond donors (Lipinski definition) is 2. The summed E-state index contributed by atoms with van der Waals surface area (Å²) in [5.41, 5.74) is -0.456. The lowest BCUT2D eigenvalue weighted by Crippen LogP contribution is -2.38. The number of anilines is 3. The van der Waals surface area contributed by atoms with E-state index in [0.717, 1.165) is 12.1 Å². The summed E-state index contributed by atoms with van der Waals surface area (Å²) in [6.07, 6.45) is -1.81. The fourth-order valence-electron chi connectivity index (χ4n) is 3.77. The third-order valence-corrected chi connectivity index (χ3v) is 5.48. The first-order valence-corrected chi connectivity index (χ1v) is 10.5. The van der Waals surface area contributed by atoms with E-state index in [2.05, 4.69) is 20.3 Å². The summed E-state index contributed by atoms with van der Waals surface area (Å²) in [4.78, 5) is 37.9. The van der Waals surface area contributed by atoms with Crippen molar-refractivity contribution in [2.24, 2.45) is 5.92 Å². The number of aromatic nitrogens is 3. The maximum Gasteiger partial charge on any atom is 0.416 e. The van der Waals surface area contributed by atoms with Crippen LogP contribution in [0.3, 0.4) is 0 Å². The molecule has 2 N–H and O–H groups in total. The minimum Gasteiger partial charge on any atom is -0.466 e. The predicted octanol–water partition coefficient (Wildman–Crippen LogP) is 3.86. The quantitative estimate of drug-likeness (QED) is 0.557. The van der Waals surface area contributed by atoms with Crippen molar-refractivity contribution in [1.29, 1.82) is 0 Å². The number of aromatic amines is 1. The van der Waals surface area contributed by atoms with Crippen LogP contribution < -0.4 is 15.8 Å². The molecule has 0 aliphatic carbocycles. The summed E-state index contributed by atoms with van der Waals surface area (Å²) in [6, 6.07) is 6.09. The Labute approximate surface area is 186 Å². The smallest absolute Gasteiger partial charge is 0.416 e. The highest BCUT2D eigenvalue weighted by atomic mass is 19.4. The van der Waals surface area contributed by atoms with E-state index in [9.17, 15) is 22.8 Å². The minimum absolute atomic E-state index is 0.184. The Balaban J connectivity index is 1.63. The molecule has 33 heavy (non-hydrogen) atoms. The number of carbonyl (C=O) groups excluding carboxylic acids is 1. The first kappa shape index (κ1) is 22.6. The second-order valence-electron chi connectivity index (χ2n) is 7.65. The first-order chi connectivity index (χ1) is 15.8. The zero-order valence-electron chi connectivity index (χ0n) is 17.8. The molecule has 11 heteroatoms. The number of nitrogens with zero attached hydrogens (tertiary/aromatic N) is 3. The van der Waals surface area contributed by atoms with Crippen molar-refractivity contribution in [3.8, 4) is 0 Å². The summed E-state index contributed by atoms with van der Waals surface area (Å²) in [5, 5.41) is 3.15. The van der Waals surface area contributed by atoms with Gasteiger partial charge >= 0.3 is 12.1 Å². The van der Waals surface area contributed by atoms with Crippen molar-refractivity contribution in [2.75, 3.05) is 29.9 Å². The number of benzene rings is 1. The number of piperidine rings is 1. The molecule has 0 bridgehead atoms. The molecular weight excluding hydrogens is 439 g/mol. The average Bonchev–Trinajstić information content (AvgIpc) is 2.79. The molecule has 1 aromatic carbocycles. The largest absolute Gasteiger partial charge is 0.466 e. The van der Waals surface area contributed by atoms with Crippen LogP contribution in [0.5, 0.6) is 0 Å². The summed E-state index contributed by atoms with van der Waals surface area (Å²) < 4.78 is 43.7. The van der Waals surface area contributed by atoms with Gasteiger partial charge in [-0.25, -0.2) is 4.98 Å². The highest BCUT2D eigenvalue weighted by Crippen LogP contribution is 2.31. The van der Waals surface area contributed by atoms with Crippen LogP contribution in [0, 0.1) is 5.92 Å². The van der Waals surface area contributed by atoms with Gasteiger partial charge in [0.1, 0.15) is 11.2 Å². The molecule has 0 amide bonds. The van der Waals surface area contributed by atoms with Crippen LogP contribution in [0.25, 0.3) is 10.9 Å². The van der Waals surface area contributed by atoms with E-state index in [0.29, 0.717) is 49.7 Å². The molecular formula is C22H22F3N5O3. The predicted molar refractivity (Wildman–Crippen MR) is 116 cm³/mol. The first-order valence-electron chi connectivity index (χ1n) is 10.5. The zero-order chi connectivity index (χ0) is 23.6. The number of H-pyrrole nitrogens is 1. The van der Waals surface area contributed by atoms with Crippen LogP contribution in [0.2, 0.25) is 0 Å². The fourth-order valence-corrected chi connectivity index (χ4v) is 3.77. The molecule has 1 saturated heterocycles. The molecule has 4 rings (SSSR count). The van der Waals surface area contributed by atoms with Crippen LogP contribution in [0.15, 0.2) is 41.3 Å². The van der Waals surface area contributed by atoms with Gasteiger partial charge in [-0.3, -0.25) is 9.59 Å². The third-order valence-electron chi connectivity index (χ3n) is 5.48. The maximum absolute atomic E-state index is 12.9. The van der Waals surface area contributed by atoms with Crippen LogP contribution in [-0.2, 0) is 15.7 Å². The van der Waals surface area contributed by atoms with Crippen molar-refractivity contribution >= 4 is 34.3 Å². The molecule has 0 atom stereocenters. The molecule has 1 fully saturated rings. The van der Waals surface area contributed by atoms with E-state index in [1.807, 2.05) is 4.90 Å². The van der Waals surface area contributed by atoms with Crippen LogP contribution >= 0.6 is 0 Å². The van der Waals surface area contributed by atoms with Gasteiger partial charge in [0.2, 0.25) is 5.95 Å². The molecule has 0 saturated carbocycles. The Morgan fingerprint density at radius 1 is 1.18 bits per heavy atom. The van der Waals surface area contributed by atoms with Gasteiger partial charge in [0, 0.05) is 25.0 Å². The van der Waals surface area contributed by atoms with Crippen molar-refractivity contribution in [3.63, 3.8) is 0 Å². The molecule has 0 radical (unpaired) electrons. The lowest BCUT2D eigenvalue weighted by molar-refractivity contribution is -0.148. The highest BCUT2D eigenvalue weighted by molar-refractivity contribution is 5.91. The second kappa shape index (κ2) is 9.08. The van der Waals surface area contributed by atoms with Crippen LogP contribution in [-0.4, -0.2) is 40.6 Å². The van der Waals surface area contributed by atoms with E-state index < -0.39 is 17.3 Å². The third kappa shape index (κ3) is 4.91. The molecule has 8 nitrogen and oxygen atoms in total. The number of pyridine rings is 1. The topological polar surface area (TPSA) is 100 Å². The number of nitrogens with one attached hydrogen (secondary N) is 2. The second-order valence-corrected chi connectivity index (χ2v) is 7.65. The fraction of sp³-hybridized carbons (Fsp3) is 0.364. The summed E-state index contributed by atoms with van der Waals surface area (Å²) in [7, 11) is 0. The highest BCUT2D eigenvalue weighted by Gasteiger charge is 2.30. The van der Waals surface area contributed by atoms with Gasteiger partial charge in [0.15, 0.2) is 0 Å². The monoisotopic (exact) mass is 461 g/mol. The molecule has 1 aliphatic heterocycles. The Hall–Kier alpha value is -3.63. The number of esters is 1. The number of fused-ring (bicyclic) bond motifs is 1. The number of halogens is 3. The summed E-state index contributed by atoms with van der Waals surface area (Å²) in [6.45, 7) is 3.15. The van der Waals surface area contributed by atoms with Crippen molar-refractivity contribution in [1.82, 2.24) is 15.0 Å². The van der Waals surface area contributed by atoms with Gasteiger partial charge in [-0.05, 0) is 50.1 Å². The normalized spacial score (nSPS) is 15.0. The van der Waals surface area contributed by atoms with Crippen LogP contribution in [0.1, 0.15) is 25.3 Å². The van der Waals surface area contributed by atoms with E-state index in [4.69, 9.17) is 4.74 Å². The number of hydrogen-bond acceptors (Lipinski definition) is 7. The van der Waals surface area contributed by atoms with Gasteiger partial charge in [0.05, 0.1) is 23.6 Å². The SMILES string of the molecule is CCOC(=O)C1CCN(c2nc(Nc3ccc(C(F)(F)F)cc3)c3c(=O)[nH]ccc3n2)CC1. The minimum atomic E-state index is -4.44. The lowest BCUT2D eigenvalue weighted by atomic mass is 9.97. The van der Waals surface area contributed by atoms with Gasteiger partial charge in [-0.1, -0.05) is 0 Å². The molecule has 0 unspecified atom stereocenters. The van der Waals surface area contributed by atoms with Gasteiger partial charge < -0.3 is 19.9 Å². The van der Waals surface area contributed by atoms with Crippen molar-refractivity contribution in [3.05, 3.63) is 52.4 Å². The summed E-state index contributed by atoms with van der Waals surface area (Å²) in [5.74, 6) is 0.149. The number of rotatable bonds is 5. The number of carbonyl (C=O) groups is 1. The Morgan fingerprint density at radius 3 is 2.52 bits per heavy atom. The Kier molecular flexibility index (Phi) is 6.21. The van der Waals surface area contributed by atoms with E-state index in [1.54, 1.807) is 13.0 Å². The Bertz CT molecular complexity index is 1200.